The fourth-order valence-corrected chi connectivity index (χ4v) is 4.36. The summed E-state index contributed by atoms with van der Waals surface area (Å²) in [5.41, 5.74) is 1.43. The van der Waals surface area contributed by atoms with E-state index in [1.54, 1.807) is 24.3 Å². The average Bonchev–Trinajstić information content (AvgIpc) is 2.87. The summed E-state index contributed by atoms with van der Waals surface area (Å²) < 4.78 is 5.58. The fraction of sp³-hybridized carbons (Fsp3) is 0.316. The van der Waals surface area contributed by atoms with Crippen molar-refractivity contribution >= 4 is 39.1 Å². The molecule has 0 unspecified atom stereocenters. The first-order chi connectivity index (χ1) is 12.3. The summed E-state index contributed by atoms with van der Waals surface area (Å²) in [5, 5.41) is 1.11. The summed E-state index contributed by atoms with van der Waals surface area (Å²) >= 11 is 2.74. The first-order valence-electron chi connectivity index (χ1n) is 8.28. The number of rotatable bonds is 6. The van der Waals surface area contributed by atoms with E-state index in [-0.39, 0.29) is 23.2 Å². The maximum Gasteiger partial charge on any atom is 0.260 e. The molecule has 0 bridgehead atoms. The highest BCUT2D eigenvalue weighted by atomic mass is 32.2. The average molecular weight is 389 g/mol. The van der Waals surface area contributed by atoms with Crippen LogP contribution in [0.2, 0.25) is 0 Å². The molecule has 0 aliphatic rings. The number of thioether (sulfide) groups is 1. The lowest BCUT2D eigenvalue weighted by molar-refractivity contribution is 0.102. The Morgan fingerprint density at radius 1 is 1.27 bits per heavy atom. The number of thiophene rings is 1. The first kappa shape index (κ1) is 18.7. The van der Waals surface area contributed by atoms with Crippen LogP contribution < -0.4 is 10.3 Å². The van der Waals surface area contributed by atoms with Crippen molar-refractivity contribution in [1.82, 2.24) is 9.97 Å². The number of carbonyl (C=O) groups excluding carboxylic acids is 1. The van der Waals surface area contributed by atoms with Crippen molar-refractivity contribution in [2.24, 2.45) is 0 Å². The van der Waals surface area contributed by atoms with Crippen LogP contribution in [-0.4, -0.2) is 27.6 Å². The van der Waals surface area contributed by atoms with Gasteiger partial charge in [0.05, 0.1) is 17.2 Å². The third-order valence-corrected chi connectivity index (χ3v) is 5.88. The molecule has 0 fully saturated rings. The van der Waals surface area contributed by atoms with Gasteiger partial charge in [-0.15, -0.1) is 11.3 Å². The number of benzene rings is 1. The Hall–Kier alpha value is -2.12. The number of ketones is 1. The summed E-state index contributed by atoms with van der Waals surface area (Å²) in [7, 11) is 0. The first-order valence-corrected chi connectivity index (χ1v) is 10.1. The van der Waals surface area contributed by atoms with E-state index in [0.29, 0.717) is 20.9 Å². The van der Waals surface area contributed by atoms with Crippen LogP contribution in [0.5, 0.6) is 5.75 Å². The van der Waals surface area contributed by atoms with Gasteiger partial charge in [-0.25, -0.2) is 4.98 Å². The Kier molecular flexibility index (Phi) is 5.48. The van der Waals surface area contributed by atoms with E-state index in [2.05, 4.69) is 9.97 Å². The minimum absolute atomic E-state index is 0.0209. The third kappa shape index (κ3) is 3.99. The molecule has 0 aliphatic heterocycles. The maximum atomic E-state index is 12.4. The zero-order chi connectivity index (χ0) is 18.8. The summed E-state index contributed by atoms with van der Waals surface area (Å²) in [6, 6.07) is 7.10. The number of ether oxygens (including phenoxy) is 1. The number of aromatic nitrogens is 2. The summed E-state index contributed by atoms with van der Waals surface area (Å²) in [6.07, 6.45) is 0.0921. The van der Waals surface area contributed by atoms with Gasteiger partial charge in [0.2, 0.25) is 0 Å². The molecule has 0 radical (unpaired) electrons. The molecule has 0 saturated heterocycles. The van der Waals surface area contributed by atoms with Gasteiger partial charge in [-0.1, -0.05) is 11.8 Å². The van der Waals surface area contributed by atoms with Gasteiger partial charge in [-0.05, 0) is 57.5 Å². The smallest absolute Gasteiger partial charge is 0.260 e. The fourth-order valence-electron chi connectivity index (χ4n) is 2.51. The van der Waals surface area contributed by atoms with Gasteiger partial charge in [-0.2, -0.15) is 0 Å². The van der Waals surface area contributed by atoms with Gasteiger partial charge in [0.25, 0.3) is 5.56 Å². The largest absolute Gasteiger partial charge is 0.491 e. The predicted molar refractivity (Wildman–Crippen MR) is 107 cm³/mol. The van der Waals surface area contributed by atoms with Crippen LogP contribution in [0.1, 0.15) is 34.6 Å². The highest BCUT2D eigenvalue weighted by Gasteiger charge is 2.13. The van der Waals surface area contributed by atoms with Gasteiger partial charge >= 0.3 is 0 Å². The molecule has 3 aromatic rings. The highest BCUT2D eigenvalue weighted by Crippen LogP contribution is 2.27. The highest BCUT2D eigenvalue weighted by molar-refractivity contribution is 7.99. The monoisotopic (exact) mass is 388 g/mol. The van der Waals surface area contributed by atoms with Crippen LogP contribution >= 0.6 is 23.1 Å². The van der Waals surface area contributed by atoms with Gasteiger partial charge in [0, 0.05) is 10.4 Å². The lowest BCUT2D eigenvalue weighted by Gasteiger charge is -2.09. The van der Waals surface area contributed by atoms with Crippen molar-refractivity contribution in [2.75, 3.05) is 5.75 Å². The van der Waals surface area contributed by atoms with Gasteiger partial charge < -0.3 is 9.72 Å². The third-order valence-electron chi connectivity index (χ3n) is 3.91. The summed E-state index contributed by atoms with van der Waals surface area (Å²) in [6.45, 7) is 7.81. The van der Waals surface area contributed by atoms with E-state index < -0.39 is 0 Å². The number of aryl methyl sites for hydroxylation is 2. The molecule has 5 nitrogen and oxygen atoms in total. The zero-order valence-electron chi connectivity index (χ0n) is 15.1. The van der Waals surface area contributed by atoms with Gasteiger partial charge in [-0.3, -0.25) is 9.59 Å². The quantitative estimate of drug-likeness (QED) is 0.386. The number of hydrogen-bond acceptors (Lipinski definition) is 6. The molecule has 1 aromatic carbocycles. The second kappa shape index (κ2) is 7.63. The molecule has 7 heteroatoms. The Balaban J connectivity index is 1.71. The van der Waals surface area contributed by atoms with Crippen LogP contribution in [-0.2, 0) is 0 Å². The number of nitrogens with one attached hydrogen (secondary N) is 1. The van der Waals surface area contributed by atoms with Crippen LogP contribution in [0, 0.1) is 13.8 Å². The SMILES string of the molecule is Cc1sc2nc(SCC(=O)c3ccc(OC(C)C)cc3)[nH]c(=O)c2c1C. The number of hydrogen-bond donors (Lipinski definition) is 1. The maximum absolute atomic E-state index is 12.4. The molecule has 0 saturated carbocycles. The van der Waals surface area contributed by atoms with E-state index >= 15 is 0 Å². The minimum Gasteiger partial charge on any atom is -0.491 e. The van der Waals surface area contributed by atoms with E-state index in [9.17, 15) is 9.59 Å². The van der Waals surface area contributed by atoms with Gasteiger partial charge in [0.15, 0.2) is 10.9 Å². The van der Waals surface area contributed by atoms with Crippen molar-refractivity contribution < 1.29 is 9.53 Å². The van der Waals surface area contributed by atoms with Crippen molar-refractivity contribution in [3.63, 3.8) is 0 Å². The molecule has 0 spiro atoms. The van der Waals surface area contributed by atoms with Crippen molar-refractivity contribution in [3.8, 4) is 5.75 Å². The van der Waals surface area contributed by atoms with E-state index in [1.165, 1.54) is 23.1 Å². The second-order valence-electron chi connectivity index (χ2n) is 6.24. The lowest BCUT2D eigenvalue weighted by Crippen LogP contribution is -2.10. The zero-order valence-corrected chi connectivity index (χ0v) is 16.7. The van der Waals surface area contributed by atoms with E-state index in [0.717, 1.165) is 16.2 Å². The lowest BCUT2D eigenvalue weighted by atomic mass is 10.1. The van der Waals surface area contributed by atoms with Crippen LogP contribution in [0.15, 0.2) is 34.2 Å². The number of aromatic amines is 1. The summed E-state index contributed by atoms with van der Waals surface area (Å²) in [4.78, 5) is 33.7. The standard InChI is InChI=1S/C19H20N2O3S2/c1-10(2)24-14-7-5-13(6-8-14)15(22)9-25-19-20-17(23)16-11(3)12(4)26-18(16)21-19/h5-8,10H,9H2,1-4H3,(H,20,21,23). The molecule has 2 heterocycles. The van der Waals surface area contributed by atoms with Crippen LogP contribution in [0.3, 0.4) is 0 Å². The van der Waals surface area contributed by atoms with Crippen LogP contribution in [0.4, 0.5) is 0 Å². The molecule has 0 atom stereocenters. The number of fused-ring (bicyclic) bond motifs is 1. The molecule has 1 N–H and O–H groups in total. The number of nitrogens with zero attached hydrogens (tertiary/aromatic N) is 1. The molecule has 26 heavy (non-hydrogen) atoms. The molecule has 136 valence electrons. The Bertz CT molecular complexity index is 1000. The number of carbonyl (C=O) groups is 1. The Morgan fingerprint density at radius 2 is 1.96 bits per heavy atom. The second-order valence-corrected chi connectivity index (χ2v) is 8.40. The van der Waals surface area contributed by atoms with Crippen molar-refractivity contribution in [3.05, 3.63) is 50.6 Å². The Labute approximate surface area is 159 Å². The Morgan fingerprint density at radius 3 is 2.62 bits per heavy atom. The topological polar surface area (TPSA) is 72.0 Å². The number of Topliss-reactive ketones (excluding diaryl/α,β-unsaturated/α-hetero) is 1. The van der Waals surface area contributed by atoms with Gasteiger partial charge in [0.1, 0.15) is 10.6 Å². The molecule has 3 rings (SSSR count). The molecule has 0 amide bonds. The molecule has 0 aliphatic carbocycles. The van der Waals surface area contributed by atoms with Crippen molar-refractivity contribution in [1.29, 1.82) is 0 Å². The minimum atomic E-state index is -0.151. The number of H-pyrrole nitrogens is 1. The van der Waals surface area contributed by atoms with Crippen LogP contribution in [0.25, 0.3) is 10.2 Å². The van der Waals surface area contributed by atoms with E-state index in [1.807, 2.05) is 27.7 Å². The molecule has 2 aromatic heterocycles. The van der Waals surface area contributed by atoms with Crippen molar-refractivity contribution in [2.45, 2.75) is 39.0 Å². The normalized spacial score (nSPS) is 11.3. The molecular weight excluding hydrogens is 368 g/mol. The summed E-state index contributed by atoms with van der Waals surface area (Å²) in [5.74, 6) is 0.929. The molecular formula is C19H20N2O3S2. The predicted octanol–water partition coefficient (Wildman–Crippen LogP) is 4.36. The van der Waals surface area contributed by atoms with E-state index in [4.69, 9.17) is 4.74 Å².